The van der Waals surface area contributed by atoms with Crippen LogP contribution in [-0.4, -0.2) is 27.4 Å². The third-order valence-corrected chi connectivity index (χ3v) is 7.83. The number of fused-ring (bicyclic) bond motifs is 3. The number of carbonyl (C=O) groups is 1. The molecule has 4 rings (SSSR count). The smallest absolute Gasteiger partial charge is 0.262 e. The molecule has 0 radical (unpaired) electrons. The van der Waals surface area contributed by atoms with Gasteiger partial charge in [-0.3, -0.25) is 14.2 Å². The Hall–Kier alpha value is -1.51. The molecule has 5 nitrogen and oxygen atoms in total. The SMILES string of the molecule is CN(Cc1cc(Br)cs1)C(=O)CCn1cnc2sc3c(c2c1=O)CCCC3. The first-order valence-electron chi connectivity index (χ1n) is 8.99. The van der Waals surface area contributed by atoms with E-state index in [1.807, 2.05) is 11.4 Å². The Balaban J connectivity index is 1.47. The van der Waals surface area contributed by atoms with E-state index >= 15 is 0 Å². The van der Waals surface area contributed by atoms with Crippen molar-refractivity contribution in [3.63, 3.8) is 0 Å². The Morgan fingerprint density at radius 2 is 2.19 bits per heavy atom. The summed E-state index contributed by atoms with van der Waals surface area (Å²) in [5.74, 6) is 0.0267. The summed E-state index contributed by atoms with van der Waals surface area (Å²) in [7, 11) is 1.80. The van der Waals surface area contributed by atoms with Crippen LogP contribution in [0.2, 0.25) is 0 Å². The third kappa shape index (κ3) is 3.88. The molecule has 142 valence electrons. The van der Waals surface area contributed by atoms with Crippen molar-refractivity contribution in [1.29, 1.82) is 0 Å². The molecule has 27 heavy (non-hydrogen) atoms. The molecule has 0 saturated heterocycles. The highest BCUT2D eigenvalue weighted by atomic mass is 79.9. The summed E-state index contributed by atoms with van der Waals surface area (Å²) in [6, 6.07) is 2.02. The van der Waals surface area contributed by atoms with Crippen molar-refractivity contribution in [2.45, 2.75) is 45.2 Å². The van der Waals surface area contributed by atoms with E-state index in [1.165, 1.54) is 16.9 Å². The topological polar surface area (TPSA) is 55.2 Å². The lowest BCUT2D eigenvalue weighted by Crippen LogP contribution is -2.29. The molecule has 0 bridgehead atoms. The van der Waals surface area contributed by atoms with Gasteiger partial charge in [-0.25, -0.2) is 4.98 Å². The lowest BCUT2D eigenvalue weighted by Gasteiger charge is -2.16. The first-order valence-corrected chi connectivity index (χ1v) is 11.5. The number of aromatic nitrogens is 2. The number of halogens is 1. The average molecular weight is 466 g/mol. The quantitative estimate of drug-likeness (QED) is 0.566. The van der Waals surface area contributed by atoms with Gasteiger partial charge >= 0.3 is 0 Å². The Morgan fingerprint density at radius 3 is 2.96 bits per heavy atom. The molecular formula is C19H20BrN3O2S2. The van der Waals surface area contributed by atoms with Crippen LogP contribution >= 0.6 is 38.6 Å². The zero-order chi connectivity index (χ0) is 19.0. The van der Waals surface area contributed by atoms with Crippen molar-refractivity contribution in [2.24, 2.45) is 0 Å². The van der Waals surface area contributed by atoms with Gasteiger partial charge in [0.25, 0.3) is 5.56 Å². The normalized spacial score (nSPS) is 13.7. The first-order chi connectivity index (χ1) is 13.0. The number of thiophene rings is 2. The highest BCUT2D eigenvalue weighted by molar-refractivity contribution is 9.10. The molecule has 0 atom stereocenters. The predicted octanol–water partition coefficient (Wildman–Crippen LogP) is 4.21. The van der Waals surface area contributed by atoms with Gasteiger partial charge in [0.2, 0.25) is 5.91 Å². The average Bonchev–Trinajstić information content (AvgIpc) is 3.24. The highest BCUT2D eigenvalue weighted by Gasteiger charge is 2.20. The zero-order valence-corrected chi connectivity index (χ0v) is 18.3. The second kappa shape index (κ2) is 7.85. The molecular weight excluding hydrogens is 446 g/mol. The van der Waals surface area contributed by atoms with Gasteiger partial charge in [-0.05, 0) is 53.2 Å². The van der Waals surface area contributed by atoms with E-state index in [-0.39, 0.29) is 11.5 Å². The standard InChI is InChI=1S/C19H20BrN3O2S2/c1-22(9-13-8-12(20)10-26-13)16(24)6-7-23-11-21-18-17(19(23)25)14-4-2-3-5-15(14)27-18/h8,10-11H,2-7,9H2,1H3. The summed E-state index contributed by atoms with van der Waals surface area (Å²) in [5, 5.41) is 2.79. The third-order valence-electron chi connectivity index (χ3n) is 4.95. The van der Waals surface area contributed by atoms with Gasteiger partial charge in [-0.15, -0.1) is 22.7 Å². The van der Waals surface area contributed by atoms with Gasteiger partial charge in [0, 0.05) is 39.6 Å². The molecule has 3 heterocycles. The van der Waals surface area contributed by atoms with Crippen LogP contribution in [-0.2, 0) is 30.7 Å². The van der Waals surface area contributed by atoms with Crippen LogP contribution in [0, 0.1) is 0 Å². The van der Waals surface area contributed by atoms with Gasteiger partial charge in [-0.1, -0.05) is 0 Å². The van der Waals surface area contributed by atoms with Crippen LogP contribution in [0.15, 0.2) is 27.0 Å². The predicted molar refractivity (Wildman–Crippen MR) is 114 cm³/mol. The number of carbonyl (C=O) groups excluding carboxylic acids is 1. The van der Waals surface area contributed by atoms with Crippen LogP contribution in [0.5, 0.6) is 0 Å². The van der Waals surface area contributed by atoms with Crippen LogP contribution in [0.25, 0.3) is 10.2 Å². The Labute approximate surface area is 173 Å². The maximum absolute atomic E-state index is 12.9. The van der Waals surface area contributed by atoms with Crippen molar-refractivity contribution in [3.8, 4) is 0 Å². The van der Waals surface area contributed by atoms with E-state index in [4.69, 9.17) is 0 Å². The Morgan fingerprint density at radius 1 is 1.37 bits per heavy atom. The number of hydrogen-bond acceptors (Lipinski definition) is 5. The van der Waals surface area contributed by atoms with Crippen LogP contribution in [0.3, 0.4) is 0 Å². The molecule has 0 N–H and O–H groups in total. The largest absolute Gasteiger partial charge is 0.341 e. The van der Waals surface area contributed by atoms with Gasteiger partial charge in [0.15, 0.2) is 0 Å². The fourth-order valence-corrected chi connectivity index (χ4v) is 6.23. The minimum absolute atomic E-state index is 0.00274. The van der Waals surface area contributed by atoms with Crippen LogP contribution in [0.4, 0.5) is 0 Å². The molecule has 8 heteroatoms. The number of aryl methyl sites for hydroxylation is 3. The van der Waals surface area contributed by atoms with Gasteiger partial charge in [0.05, 0.1) is 18.3 Å². The molecule has 0 spiro atoms. The summed E-state index contributed by atoms with van der Waals surface area (Å²) in [6.07, 6.45) is 6.23. The molecule has 1 amide bonds. The van der Waals surface area contributed by atoms with Gasteiger partial charge in [0.1, 0.15) is 4.83 Å². The Bertz CT molecular complexity index is 1050. The maximum atomic E-state index is 12.9. The molecule has 1 aliphatic rings. The summed E-state index contributed by atoms with van der Waals surface area (Å²) < 4.78 is 2.63. The van der Waals surface area contributed by atoms with E-state index in [1.54, 1.807) is 45.5 Å². The molecule has 3 aromatic rings. The molecule has 0 aliphatic heterocycles. The zero-order valence-electron chi connectivity index (χ0n) is 15.0. The maximum Gasteiger partial charge on any atom is 0.262 e. The molecule has 1 aliphatic carbocycles. The van der Waals surface area contributed by atoms with E-state index in [0.29, 0.717) is 19.5 Å². The number of rotatable bonds is 5. The molecule has 0 saturated carbocycles. The number of amides is 1. The number of nitrogens with zero attached hydrogens (tertiary/aromatic N) is 3. The second-order valence-corrected chi connectivity index (χ2v) is 9.86. The minimum Gasteiger partial charge on any atom is -0.341 e. The molecule has 0 unspecified atom stereocenters. The van der Waals surface area contributed by atoms with Crippen molar-refractivity contribution in [1.82, 2.24) is 14.5 Å². The van der Waals surface area contributed by atoms with Gasteiger partial charge < -0.3 is 4.90 Å². The van der Waals surface area contributed by atoms with E-state index < -0.39 is 0 Å². The number of hydrogen-bond donors (Lipinski definition) is 0. The summed E-state index contributed by atoms with van der Waals surface area (Å²) in [4.78, 5) is 34.9. The minimum atomic E-state index is -0.00274. The van der Waals surface area contributed by atoms with Crippen molar-refractivity contribution in [2.75, 3.05) is 7.05 Å². The van der Waals surface area contributed by atoms with Crippen molar-refractivity contribution < 1.29 is 4.79 Å². The molecule has 3 aromatic heterocycles. The fraction of sp³-hybridized carbons (Fsp3) is 0.421. The van der Waals surface area contributed by atoms with Crippen molar-refractivity contribution in [3.05, 3.63) is 47.9 Å². The summed E-state index contributed by atoms with van der Waals surface area (Å²) in [6.45, 7) is 0.947. The first kappa shape index (κ1) is 18.8. The lowest BCUT2D eigenvalue weighted by molar-refractivity contribution is -0.130. The summed E-state index contributed by atoms with van der Waals surface area (Å²) in [5.41, 5.74) is 1.19. The van der Waals surface area contributed by atoms with E-state index in [0.717, 1.165) is 38.8 Å². The van der Waals surface area contributed by atoms with Crippen molar-refractivity contribution >= 4 is 54.7 Å². The molecule has 0 aromatic carbocycles. The van der Waals surface area contributed by atoms with Crippen LogP contribution in [0.1, 0.15) is 34.6 Å². The summed E-state index contributed by atoms with van der Waals surface area (Å²) >= 11 is 6.71. The van der Waals surface area contributed by atoms with Crippen LogP contribution < -0.4 is 5.56 Å². The molecule has 0 fully saturated rings. The van der Waals surface area contributed by atoms with Gasteiger partial charge in [-0.2, -0.15) is 0 Å². The second-order valence-electron chi connectivity index (χ2n) is 6.87. The fourth-order valence-electron chi connectivity index (χ4n) is 3.51. The van der Waals surface area contributed by atoms with E-state index in [9.17, 15) is 9.59 Å². The highest BCUT2D eigenvalue weighted by Crippen LogP contribution is 2.33. The monoisotopic (exact) mass is 465 g/mol. The Kier molecular flexibility index (Phi) is 5.48. The van der Waals surface area contributed by atoms with E-state index in [2.05, 4.69) is 20.9 Å². The lowest BCUT2D eigenvalue weighted by atomic mass is 9.97.